The Kier molecular flexibility index (Phi) is 4.53. The van der Waals surface area contributed by atoms with Gasteiger partial charge in [0.05, 0.1) is 11.5 Å². The van der Waals surface area contributed by atoms with Crippen LogP contribution in [-0.4, -0.2) is 23.5 Å². The van der Waals surface area contributed by atoms with Gasteiger partial charge in [0.2, 0.25) is 0 Å². The summed E-state index contributed by atoms with van der Waals surface area (Å²) in [7, 11) is 0. The highest BCUT2D eigenvalue weighted by Crippen LogP contribution is 2.20. The van der Waals surface area contributed by atoms with Crippen LogP contribution in [0.1, 0.15) is 40.8 Å². The quantitative estimate of drug-likeness (QED) is 0.841. The number of carboxylic acids is 1. The maximum Gasteiger partial charge on any atom is 0.306 e. The number of aryl methyl sites for hydroxylation is 2. The summed E-state index contributed by atoms with van der Waals surface area (Å²) in [5, 5.41) is 11.4. The molecule has 0 aliphatic rings. The van der Waals surface area contributed by atoms with Crippen LogP contribution in [0.3, 0.4) is 0 Å². The molecular weight excluding hydrogens is 234 g/mol. The zero-order chi connectivity index (χ0) is 13.9. The summed E-state index contributed by atoms with van der Waals surface area (Å²) in [5.74, 6) is -0.195. The molecule has 1 aromatic heterocycles. The molecule has 0 fully saturated rings. The summed E-state index contributed by atoms with van der Waals surface area (Å²) in [6.45, 7) is 7.35. The van der Waals surface area contributed by atoms with Gasteiger partial charge in [0.1, 0.15) is 11.5 Å². The number of furan rings is 1. The molecule has 0 bridgehead atoms. The molecule has 5 nitrogen and oxygen atoms in total. The Bertz CT molecular complexity index is 462. The van der Waals surface area contributed by atoms with E-state index >= 15 is 0 Å². The first kappa shape index (κ1) is 14.3. The predicted octanol–water partition coefficient (Wildman–Crippen LogP) is 2.05. The van der Waals surface area contributed by atoms with E-state index in [9.17, 15) is 9.59 Å². The second kappa shape index (κ2) is 5.71. The van der Waals surface area contributed by atoms with E-state index in [0.29, 0.717) is 24.3 Å². The van der Waals surface area contributed by atoms with Crippen molar-refractivity contribution in [1.29, 1.82) is 0 Å². The Balaban J connectivity index is 2.59. The largest absolute Gasteiger partial charge is 0.481 e. The molecule has 18 heavy (non-hydrogen) atoms. The molecule has 0 saturated heterocycles. The molecule has 0 aromatic carbocycles. The van der Waals surface area contributed by atoms with E-state index in [-0.39, 0.29) is 5.91 Å². The van der Waals surface area contributed by atoms with Crippen LogP contribution < -0.4 is 5.32 Å². The normalized spacial score (nSPS) is 12.2. The molecule has 0 saturated carbocycles. The molecule has 0 aliphatic heterocycles. The number of hydrogen-bond donors (Lipinski definition) is 2. The second-order valence-corrected chi connectivity index (χ2v) is 4.50. The number of carbonyl (C=O) groups excluding carboxylic acids is 1. The SMILES string of the molecule is Cc1oc(C)c(C(=O)NCCC(C)C(=O)O)c1C. The van der Waals surface area contributed by atoms with E-state index in [4.69, 9.17) is 9.52 Å². The van der Waals surface area contributed by atoms with Gasteiger partial charge in [-0.25, -0.2) is 0 Å². The van der Waals surface area contributed by atoms with Gasteiger partial charge < -0.3 is 14.8 Å². The molecule has 1 aromatic rings. The molecule has 100 valence electrons. The summed E-state index contributed by atoms with van der Waals surface area (Å²) >= 11 is 0. The Labute approximate surface area is 106 Å². The van der Waals surface area contributed by atoms with Gasteiger partial charge in [-0.05, 0) is 27.2 Å². The number of nitrogens with one attached hydrogen (secondary N) is 1. The average molecular weight is 253 g/mol. The monoisotopic (exact) mass is 253 g/mol. The first-order valence-electron chi connectivity index (χ1n) is 5.92. The average Bonchev–Trinajstić information content (AvgIpc) is 2.52. The minimum Gasteiger partial charge on any atom is -0.481 e. The Morgan fingerprint density at radius 1 is 1.28 bits per heavy atom. The number of hydrogen-bond acceptors (Lipinski definition) is 3. The first-order chi connectivity index (χ1) is 8.34. The number of rotatable bonds is 5. The van der Waals surface area contributed by atoms with E-state index in [2.05, 4.69) is 5.32 Å². The Hall–Kier alpha value is -1.78. The van der Waals surface area contributed by atoms with Gasteiger partial charge >= 0.3 is 5.97 Å². The molecule has 2 N–H and O–H groups in total. The summed E-state index contributed by atoms with van der Waals surface area (Å²) in [5.41, 5.74) is 1.38. The minimum atomic E-state index is -0.851. The fourth-order valence-electron chi connectivity index (χ4n) is 1.74. The fourth-order valence-corrected chi connectivity index (χ4v) is 1.74. The number of carboxylic acid groups (broad SMARTS) is 1. The van der Waals surface area contributed by atoms with Gasteiger partial charge in [-0.3, -0.25) is 9.59 Å². The van der Waals surface area contributed by atoms with Crippen molar-refractivity contribution in [3.63, 3.8) is 0 Å². The molecule has 0 aliphatic carbocycles. The maximum atomic E-state index is 11.9. The van der Waals surface area contributed by atoms with Crippen LogP contribution in [-0.2, 0) is 4.79 Å². The van der Waals surface area contributed by atoms with E-state index in [0.717, 1.165) is 11.3 Å². The highest BCUT2D eigenvalue weighted by atomic mass is 16.4. The molecule has 1 rings (SSSR count). The second-order valence-electron chi connectivity index (χ2n) is 4.50. The first-order valence-corrected chi connectivity index (χ1v) is 5.92. The summed E-state index contributed by atoms with van der Waals surface area (Å²) in [4.78, 5) is 22.6. The van der Waals surface area contributed by atoms with Crippen LogP contribution in [0.25, 0.3) is 0 Å². The van der Waals surface area contributed by atoms with Gasteiger partial charge in [0, 0.05) is 12.1 Å². The van der Waals surface area contributed by atoms with Crippen LogP contribution in [0.4, 0.5) is 0 Å². The van der Waals surface area contributed by atoms with Crippen molar-refractivity contribution in [2.24, 2.45) is 5.92 Å². The predicted molar refractivity (Wildman–Crippen MR) is 66.7 cm³/mol. The third-order valence-electron chi connectivity index (χ3n) is 3.07. The Morgan fingerprint density at radius 3 is 2.33 bits per heavy atom. The van der Waals surface area contributed by atoms with Crippen molar-refractivity contribution >= 4 is 11.9 Å². The van der Waals surface area contributed by atoms with Crippen LogP contribution in [0.2, 0.25) is 0 Å². The van der Waals surface area contributed by atoms with Crippen LogP contribution in [0.5, 0.6) is 0 Å². The van der Waals surface area contributed by atoms with E-state index in [1.54, 1.807) is 13.8 Å². The third kappa shape index (κ3) is 3.12. The molecular formula is C13H19NO4. The maximum absolute atomic E-state index is 11.9. The van der Waals surface area contributed by atoms with Crippen LogP contribution in [0, 0.1) is 26.7 Å². The van der Waals surface area contributed by atoms with Crippen molar-refractivity contribution in [2.45, 2.75) is 34.1 Å². The van der Waals surface area contributed by atoms with Crippen molar-refractivity contribution in [3.05, 3.63) is 22.6 Å². The minimum absolute atomic E-state index is 0.209. The zero-order valence-electron chi connectivity index (χ0n) is 11.2. The number of aliphatic carboxylic acids is 1. The molecule has 1 heterocycles. The number of amides is 1. The lowest BCUT2D eigenvalue weighted by Crippen LogP contribution is -2.27. The molecule has 5 heteroatoms. The van der Waals surface area contributed by atoms with Crippen molar-refractivity contribution in [1.82, 2.24) is 5.32 Å². The Morgan fingerprint density at radius 2 is 1.89 bits per heavy atom. The molecule has 1 amide bonds. The van der Waals surface area contributed by atoms with E-state index in [1.807, 2.05) is 13.8 Å². The van der Waals surface area contributed by atoms with Crippen LogP contribution >= 0.6 is 0 Å². The lowest BCUT2D eigenvalue weighted by molar-refractivity contribution is -0.141. The highest BCUT2D eigenvalue weighted by molar-refractivity contribution is 5.96. The summed E-state index contributed by atoms with van der Waals surface area (Å²) in [6.07, 6.45) is 0.413. The summed E-state index contributed by atoms with van der Waals surface area (Å²) in [6, 6.07) is 0. The van der Waals surface area contributed by atoms with Gasteiger partial charge in [0.25, 0.3) is 5.91 Å². The molecule has 1 unspecified atom stereocenters. The lowest BCUT2D eigenvalue weighted by atomic mass is 10.1. The smallest absolute Gasteiger partial charge is 0.306 e. The van der Waals surface area contributed by atoms with Gasteiger partial charge in [-0.2, -0.15) is 0 Å². The van der Waals surface area contributed by atoms with Gasteiger partial charge in [-0.15, -0.1) is 0 Å². The number of carbonyl (C=O) groups is 2. The highest BCUT2D eigenvalue weighted by Gasteiger charge is 2.18. The van der Waals surface area contributed by atoms with Crippen molar-refractivity contribution in [3.8, 4) is 0 Å². The topological polar surface area (TPSA) is 79.5 Å². The lowest BCUT2D eigenvalue weighted by Gasteiger charge is -2.08. The van der Waals surface area contributed by atoms with Crippen molar-refractivity contribution in [2.75, 3.05) is 6.54 Å². The van der Waals surface area contributed by atoms with Crippen molar-refractivity contribution < 1.29 is 19.1 Å². The van der Waals surface area contributed by atoms with E-state index in [1.165, 1.54) is 0 Å². The fraction of sp³-hybridized carbons (Fsp3) is 0.538. The standard InChI is InChI=1S/C13H19NO4/c1-7(13(16)17)5-6-14-12(15)11-8(2)9(3)18-10(11)4/h7H,5-6H2,1-4H3,(H,14,15)(H,16,17). The molecule has 0 radical (unpaired) electrons. The molecule has 1 atom stereocenters. The van der Waals surface area contributed by atoms with E-state index < -0.39 is 11.9 Å². The third-order valence-corrected chi connectivity index (χ3v) is 3.07. The van der Waals surface area contributed by atoms with Crippen LogP contribution in [0.15, 0.2) is 4.42 Å². The zero-order valence-corrected chi connectivity index (χ0v) is 11.2. The van der Waals surface area contributed by atoms with Gasteiger partial charge in [0.15, 0.2) is 0 Å². The molecule has 0 spiro atoms. The van der Waals surface area contributed by atoms with Gasteiger partial charge in [-0.1, -0.05) is 6.92 Å². The summed E-state index contributed by atoms with van der Waals surface area (Å²) < 4.78 is 5.38.